The molecule has 0 unspecified atom stereocenters. The Morgan fingerprint density at radius 2 is 1.88 bits per heavy atom. The molecule has 2 aromatic rings. The summed E-state index contributed by atoms with van der Waals surface area (Å²) in [7, 11) is 1.27. The lowest BCUT2D eigenvalue weighted by Gasteiger charge is -2.40. The number of amides is 1. The lowest BCUT2D eigenvalue weighted by atomic mass is 9.82. The van der Waals surface area contributed by atoms with Crippen molar-refractivity contribution < 1.29 is 23.8 Å². The number of ether oxygens (including phenoxy) is 3. The minimum absolute atomic E-state index is 0.0522. The maximum absolute atomic E-state index is 12.8. The summed E-state index contributed by atoms with van der Waals surface area (Å²) >= 11 is 0. The first-order chi connectivity index (χ1) is 16.2. The van der Waals surface area contributed by atoms with E-state index in [2.05, 4.69) is 45.3 Å². The fourth-order valence-electron chi connectivity index (χ4n) is 5.10. The Morgan fingerprint density at radius 3 is 2.58 bits per heavy atom. The zero-order chi connectivity index (χ0) is 23.0. The minimum atomic E-state index is -0.577. The van der Waals surface area contributed by atoms with Crippen molar-refractivity contribution in [3.05, 3.63) is 53.9 Å². The number of benzene rings is 1. The van der Waals surface area contributed by atoms with Crippen molar-refractivity contribution in [3.8, 4) is 0 Å². The maximum atomic E-state index is 12.8. The average Bonchev–Trinajstić information content (AvgIpc) is 3.41. The van der Waals surface area contributed by atoms with Crippen LogP contribution < -0.4 is 0 Å². The van der Waals surface area contributed by atoms with Gasteiger partial charge >= 0.3 is 12.1 Å². The van der Waals surface area contributed by atoms with E-state index < -0.39 is 18.7 Å². The highest BCUT2D eigenvalue weighted by Gasteiger charge is 2.38. The number of nitrogens with zero attached hydrogens (tertiary/aromatic N) is 2. The smallest absolute Gasteiger partial charge is 0.410 e. The molecule has 33 heavy (non-hydrogen) atoms. The van der Waals surface area contributed by atoms with E-state index in [1.165, 1.54) is 12.7 Å². The number of aromatic amines is 1. The Morgan fingerprint density at radius 1 is 1.09 bits per heavy atom. The molecule has 2 heterocycles. The van der Waals surface area contributed by atoms with E-state index in [4.69, 9.17) is 9.47 Å². The quantitative estimate of drug-likeness (QED) is 0.634. The van der Waals surface area contributed by atoms with Gasteiger partial charge in [-0.1, -0.05) is 30.3 Å². The third-order valence-electron chi connectivity index (χ3n) is 6.90. The molecule has 1 aromatic heterocycles. The number of esters is 1. The summed E-state index contributed by atoms with van der Waals surface area (Å²) in [4.78, 5) is 25.9. The van der Waals surface area contributed by atoms with Crippen LogP contribution in [0.15, 0.2) is 42.6 Å². The molecule has 4 rings (SSSR count). The van der Waals surface area contributed by atoms with Crippen LogP contribution in [0.2, 0.25) is 0 Å². The fourth-order valence-corrected chi connectivity index (χ4v) is 5.10. The number of nitrogens with one attached hydrogen (secondary N) is 1. The number of carbonyl (C=O) groups excluding carboxylic acids is 2. The van der Waals surface area contributed by atoms with Crippen LogP contribution >= 0.6 is 0 Å². The van der Waals surface area contributed by atoms with Crippen molar-refractivity contribution in [2.45, 2.75) is 62.5 Å². The second kappa shape index (κ2) is 11.3. The summed E-state index contributed by atoms with van der Waals surface area (Å²) < 4.78 is 16.2. The molecule has 1 amide bonds. The Kier molecular flexibility index (Phi) is 7.99. The van der Waals surface area contributed by atoms with E-state index >= 15 is 0 Å². The van der Waals surface area contributed by atoms with Crippen molar-refractivity contribution in [2.24, 2.45) is 0 Å². The fraction of sp³-hybridized carbons (Fsp3) is 0.560. The standard InChI is InChI=1S/C25H33N3O5/c1-31-24(29)17-33-25(30)28-15-5-8-21(22-13-14-26-27-22)23(28)16-32-20-11-9-19(10-12-20)18-6-3-2-4-7-18/h2-4,6-7,13-14,19-21,23H,5,8-12,15-17H2,1H3,(H,26,27)/t19-,20+,21-,23+/m1/s1. The van der Waals surface area contributed by atoms with E-state index in [1.807, 2.05) is 6.07 Å². The summed E-state index contributed by atoms with van der Waals surface area (Å²) in [6.07, 6.45) is 7.44. The number of likely N-dealkylation sites (tertiary alicyclic amines) is 1. The van der Waals surface area contributed by atoms with Gasteiger partial charge in [0.15, 0.2) is 6.61 Å². The van der Waals surface area contributed by atoms with Gasteiger partial charge in [0.05, 0.1) is 31.6 Å². The highest BCUT2D eigenvalue weighted by Crippen LogP contribution is 2.36. The first kappa shape index (κ1) is 23.3. The van der Waals surface area contributed by atoms with Gasteiger partial charge in [0, 0.05) is 18.7 Å². The Labute approximate surface area is 194 Å². The van der Waals surface area contributed by atoms with Crippen molar-refractivity contribution in [3.63, 3.8) is 0 Å². The van der Waals surface area contributed by atoms with Gasteiger partial charge in [-0.2, -0.15) is 5.10 Å². The second-order valence-electron chi connectivity index (χ2n) is 8.86. The molecule has 0 spiro atoms. The van der Waals surface area contributed by atoms with Crippen molar-refractivity contribution in [1.29, 1.82) is 0 Å². The molecule has 1 saturated heterocycles. The molecular weight excluding hydrogens is 422 g/mol. The number of piperidine rings is 1. The normalized spacial score (nSPS) is 25.4. The number of aromatic nitrogens is 2. The van der Waals surface area contributed by atoms with Crippen LogP contribution in [-0.2, 0) is 19.0 Å². The van der Waals surface area contributed by atoms with Crippen LogP contribution in [0.3, 0.4) is 0 Å². The molecule has 8 nitrogen and oxygen atoms in total. The summed E-state index contributed by atoms with van der Waals surface area (Å²) in [5.74, 6) is 0.0610. The van der Waals surface area contributed by atoms with Crippen molar-refractivity contribution >= 4 is 12.1 Å². The molecule has 2 aliphatic rings. The summed E-state index contributed by atoms with van der Waals surface area (Å²) in [5, 5.41) is 7.25. The van der Waals surface area contributed by atoms with Crippen LogP contribution in [-0.4, -0.2) is 66.2 Å². The second-order valence-corrected chi connectivity index (χ2v) is 8.86. The van der Waals surface area contributed by atoms with Crippen LogP contribution in [0.5, 0.6) is 0 Å². The molecule has 178 valence electrons. The van der Waals surface area contributed by atoms with Crippen molar-refractivity contribution in [1.82, 2.24) is 15.1 Å². The Balaban J connectivity index is 1.38. The lowest BCUT2D eigenvalue weighted by Crippen LogP contribution is -2.51. The van der Waals surface area contributed by atoms with Gasteiger partial charge in [-0.05, 0) is 56.1 Å². The van der Waals surface area contributed by atoms with Gasteiger partial charge in [-0.15, -0.1) is 0 Å². The Hall–Kier alpha value is -2.87. The topological polar surface area (TPSA) is 93.8 Å². The zero-order valence-corrected chi connectivity index (χ0v) is 19.2. The van der Waals surface area contributed by atoms with Gasteiger partial charge in [0.2, 0.25) is 0 Å². The average molecular weight is 456 g/mol. The predicted molar refractivity (Wildman–Crippen MR) is 122 cm³/mol. The number of methoxy groups -OCH3 is 1. The zero-order valence-electron chi connectivity index (χ0n) is 19.2. The number of H-pyrrole nitrogens is 1. The molecule has 2 fully saturated rings. The van der Waals surface area contributed by atoms with Crippen LogP contribution in [0, 0.1) is 0 Å². The molecule has 0 radical (unpaired) electrons. The lowest BCUT2D eigenvalue weighted by molar-refractivity contribution is -0.144. The van der Waals surface area contributed by atoms with Gasteiger partial charge in [0.25, 0.3) is 0 Å². The number of rotatable bonds is 7. The molecule has 0 bridgehead atoms. The number of carbonyl (C=O) groups is 2. The molecule has 1 aliphatic carbocycles. The SMILES string of the molecule is COC(=O)COC(=O)N1CCC[C@H](c2cc[nH]n2)[C@@H]1CO[C@H]1CC[C@@H](c2ccccc2)CC1. The van der Waals surface area contributed by atoms with Gasteiger partial charge in [-0.3, -0.25) is 5.10 Å². The predicted octanol–water partition coefficient (Wildman–Crippen LogP) is 4.01. The van der Waals surface area contributed by atoms with Gasteiger partial charge in [-0.25, -0.2) is 9.59 Å². The molecule has 1 N–H and O–H groups in total. The molecule has 1 aromatic carbocycles. The van der Waals surface area contributed by atoms with E-state index in [-0.39, 0.29) is 18.1 Å². The van der Waals surface area contributed by atoms with Gasteiger partial charge < -0.3 is 19.1 Å². The van der Waals surface area contributed by atoms with E-state index in [0.29, 0.717) is 19.1 Å². The third kappa shape index (κ3) is 5.93. The molecular formula is C25H33N3O5. The molecule has 8 heteroatoms. The molecule has 2 atom stereocenters. The summed E-state index contributed by atoms with van der Waals surface area (Å²) in [6.45, 7) is 0.594. The van der Waals surface area contributed by atoms with Gasteiger partial charge in [0.1, 0.15) is 0 Å². The number of hydrogen-bond acceptors (Lipinski definition) is 6. The first-order valence-electron chi connectivity index (χ1n) is 11.8. The largest absolute Gasteiger partial charge is 0.466 e. The first-order valence-corrected chi connectivity index (χ1v) is 11.8. The van der Waals surface area contributed by atoms with Crippen LogP contribution in [0.4, 0.5) is 4.79 Å². The highest BCUT2D eigenvalue weighted by atomic mass is 16.6. The van der Waals surface area contributed by atoms with Crippen LogP contribution in [0.25, 0.3) is 0 Å². The van der Waals surface area contributed by atoms with E-state index in [1.54, 1.807) is 11.1 Å². The maximum Gasteiger partial charge on any atom is 0.410 e. The van der Waals surface area contributed by atoms with Crippen molar-refractivity contribution in [2.75, 3.05) is 26.9 Å². The summed E-state index contributed by atoms with van der Waals surface area (Å²) in [6, 6.07) is 12.4. The molecule has 1 aliphatic heterocycles. The van der Waals surface area contributed by atoms with Crippen LogP contribution in [0.1, 0.15) is 61.6 Å². The van der Waals surface area contributed by atoms with E-state index in [9.17, 15) is 9.59 Å². The Bertz CT molecular complexity index is 881. The molecule has 1 saturated carbocycles. The number of hydrogen-bond donors (Lipinski definition) is 1. The third-order valence-corrected chi connectivity index (χ3v) is 6.90. The monoisotopic (exact) mass is 455 g/mol. The minimum Gasteiger partial charge on any atom is -0.466 e. The highest BCUT2D eigenvalue weighted by molar-refractivity contribution is 5.75. The summed E-state index contributed by atoms with van der Waals surface area (Å²) in [5.41, 5.74) is 2.32. The van der Waals surface area contributed by atoms with E-state index in [0.717, 1.165) is 44.2 Å².